The maximum absolute atomic E-state index is 10.8. The zero-order chi connectivity index (χ0) is 23.7. The van der Waals surface area contributed by atoms with Crippen LogP contribution in [-0.4, -0.2) is 136 Å². The summed E-state index contributed by atoms with van der Waals surface area (Å²) in [5, 5.41) is 70.4. The number of aliphatic hydroxyl groups is 7. The highest BCUT2D eigenvalue weighted by molar-refractivity contribution is 4.94. The monoisotopic (exact) mass is 482 g/mol. The van der Waals surface area contributed by atoms with Crippen LogP contribution in [0.4, 0.5) is 0 Å². The zero-order valence-electron chi connectivity index (χ0n) is 18.0. The highest BCUT2D eigenvalue weighted by Crippen LogP contribution is 2.34. The maximum atomic E-state index is 10.8. The standard InChI is InChI=1S/C20H34O13/c21-4-11-13(23)15(25)16(26)20(32-11)33-18-14(24)12(5-22)31-19(17(18)27)28-6-8-1-2-9-10(3-8)30-7-29-9/h8-27H,1-7H2/t8?,9?,10?,11?,12?,13?,14?,15-,16-,17-,18-,19?,20?/m0/s1. The van der Waals surface area contributed by atoms with Gasteiger partial charge in [-0.25, -0.2) is 0 Å². The Hall–Kier alpha value is -0.520. The van der Waals surface area contributed by atoms with E-state index in [9.17, 15) is 35.7 Å². The molecule has 9 unspecified atom stereocenters. The summed E-state index contributed by atoms with van der Waals surface area (Å²) in [5.74, 6) is 0.132. The summed E-state index contributed by atoms with van der Waals surface area (Å²) in [6, 6.07) is 0. The van der Waals surface area contributed by atoms with Crippen LogP contribution >= 0.6 is 0 Å². The minimum atomic E-state index is -1.72. The van der Waals surface area contributed by atoms with Crippen LogP contribution in [0.15, 0.2) is 0 Å². The molecule has 1 aliphatic carbocycles. The number of ether oxygens (including phenoxy) is 6. The van der Waals surface area contributed by atoms with Gasteiger partial charge in [-0.3, -0.25) is 0 Å². The van der Waals surface area contributed by atoms with E-state index in [1.165, 1.54) is 0 Å². The van der Waals surface area contributed by atoms with Crippen LogP contribution in [-0.2, 0) is 28.4 Å². The molecule has 0 amide bonds. The highest BCUT2D eigenvalue weighted by Gasteiger charge is 2.51. The Morgan fingerprint density at radius 2 is 1.36 bits per heavy atom. The summed E-state index contributed by atoms with van der Waals surface area (Å²) < 4.78 is 33.2. The van der Waals surface area contributed by atoms with Gasteiger partial charge in [-0.05, 0) is 25.2 Å². The van der Waals surface area contributed by atoms with Gasteiger partial charge in [0, 0.05) is 0 Å². The molecule has 0 radical (unpaired) electrons. The van der Waals surface area contributed by atoms with E-state index in [0.29, 0.717) is 0 Å². The van der Waals surface area contributed by atoms with Crippen molar-refractivity contribution in [2.75, 3.05) is 26.6 Å². The first-order valence-corrected chi connectivity index (χ1v) is 11.3. The van der Waals surface area contributed by atoms with Gasteiger partial charge in [0.05, 0.1) is 32.0 Å². The predicted molar refractivity (Wildman–Crippen MR) is 104 cm³/mol. The largest absolute Gasteiger partial charge is 0.394 e. The number of hydrogen-bond acceptors (Lipinski definition) is 13. The Morgan fingerprint density at radius 3 is 2.09 bits per heavy atom. The fraction of sp³-hybridized carbons (Fsp3) is 1.00. The van der Waals surface area contributed by atoms with E-state index in [0.717, 1.165) is 19.3 Å². The molecule has 33 heavy (non-hydrogen) atoms. The summed E-state index contributed by atoms with van der Waals surface area (Å²) in [6.45, 7) is -0.747. The van der Waals surface area contributed by atoms with Crippen LogP contribution in [0.2, 0.25) is 0 Å². The molecule has 4 rings (SSSR count). The third-order valence-corrected chi connectivity index (χ3v) is 6.86. The molecular weight excluding hydrogens is 448 g/mol. The molecular formula is C20H34O13. The van der Waals surface area contributed by atoms with Crippen molar-refractivity contribution in [3.8, 4) is 0 Å². The van der Waals surface area contributed by atoms with Gasteiger partial charge in [0.2, 0.25) is 0 Å². The molecule has 13 heteroatoms. The van der Waals surface area contributed by atoms with E-state index in [2.05, 4.69) is 0 Å². The molecule has 0 aromatic rings. The molecule has 7 N–H and O–H groups in total. The smallest absolute Gasteiger partial charge is 0.187 e. The third-order valence-electron chi connectivity index (χ3n) is 6.86. The van der Waals surface area contributed by atoms with E-state index < -0.39 is 74.6 Å². The molecule has 0 aromatic carbocycles. The molecule has 0 aromatic heterocycles. The van der Waals surface area contributed by atoms with Crippen molar-refractivity contribution < 1.29 is 64.2 Å². The quantitative estimate of drug-likeness (QED) is 0.186. The molecule has 3 saturated heterocycles. The normalized spacial score (nSPS) is 50.8. The topological polar surface area (TPSA) is 197 Å². The first-order valence-electron chi connectivity index (χ1n) is 11.3. The van der Waals surface area contributed by atoms with Crippen LogP contribution in [0.5, 0.6) is 0 Å². The molecule has 4 fully saturated rings. The van der Waals surface area contributed by atoms with Crippen LogP contribution in [0.3, 0.4) is 0 Å². The lowest BCUT2D eigenvalue weighted by Crippen LogP contribution is -2.64. The van der Waals surface area contributed by atoms with E-state index >= 15 is 0 Å². The SMILES string of the molecule is OCC1OC(O[C@H]2C(O)C(CO)OC(OCC3CCC4OCOC4C3)[C@H]2O)[C@@H](O)[C@@H](O)C1O. The number of aliphatic hydroxyl groups excluding tert-OH is 7. The second-order valence-corrected chi connectivity index (χ2v) is 9.05. The molecule has 0 bridgehead atoms. The summed E-state index contributed by atoms with van der Waals surface area (Å²) in [6.07, 6.45) is -12.2. The van der Waals surface area contributed by atoms with Crippen molar-refractivity contribution in [1.82, 2.24) is 0 Å². The molecule has 192 valence electrons. The van der Waals surface area contributed by atoms with Crippen LogP contribution < -0.4 is 0 Å². The lowest BCUT2D eigenvalue weighted by atomic mass is 9.86. The minimum absolute atomic E-state index is 0.00108. The first kappa shape index (κ1) is 25.6. The molecule has 3 heterocycles. The van der Waals surface area contributed by atoms with Crippen molar-refractivity contribution in [2.45, 2.75) is 92.9 Å². The maximum Gasteiger partial charge on any atom is 0.187 e. The molecule has 13 nitrogen and oxygen atoms in total. The van der Waals surface area contributed by atoms with Gasteiger partial charge >= 0.3 is 0 Å². The Balaban J connectivity index is 1.38. The van der Waals surface area contributed by atoms with Gasteiger partial charge < -0.3 is 64.2 Å². The number of rotatable bonds is 7. The third kappa shape index (κ3) is 5.35. The van der Waals surface area contributed by atoms with Gasteiger partial charge in [-0.2, -0.15) is 0 Å². The lowest BCUT2D eigenvalue weighted by molar-refractivity contribution is -0.361. The van der Waals surface area contributed by atoms with Gasteiger partial charge in [0.1, 0.15) is 55.6 Å². The van der Waals surface area contributed by atoms with Crippen molar-refractivity contribution in [3.05, 3.63) is 0 Å². The fourth-order valence-electron chi connectivity index (χ4n) is 4.83. The Labute approximate surface area is 190 Å². The summed E-state index contributed by atoms with van der Waals surface area (Å²) >= 11 is 0. The number of hydrogen-bond donors (Lipinski definition) is 7. The summed E-state index contributed by atoms with van der Waals surface area (Å²) in [7, 11) is 0. The first-order chi connectivity index (χ1) is 15.8. The molecule has 3 aliphatic heterocycles. The molecule has 1 saturated carbocycles. The Morgan fingerprint density at radius 1 is 0.697 bits per heavy atom. The van der Waals surface area contributed by atoms with Crippen molar-refractivity contribution in [3.63, 3.8) is 0 Å². The van der Waals surface area contributed by atoms with Crippen molar-refractivity contribution >= 4 is 0 Å². The minimum Gasteiger partial charge on any atom is -0.394 e. The highest BCUT2D eigenvalue weighted by atomic mass is 16.7. The lowest BCUT2D eigenvalue weighted by Gasteiger charge is -2.46. The van der Waals surface area contributed by atoms with Crippen LogP contribution in [0.1, 0.15) is 19.3 Å². The average Bonchev–Trinajstić information content (AvgIpc) is 3.29. The molecule has 13 atom stereocenters. The molecule has 4 aliphatic rings. The summed E-state index contributed by atoms with van der Waals surface area (Å²) in [5.41, 5.74) is 0. The van der Waals surface area contributed by atoms with E-state index in [1.54, 1.807) is 0 Å². The fourth-order valence-corrected chi connectivity index (χ4v) is 4.83. The van der Waals surface area contributed by atoms with Crippen molar-refractivity contribution in [1.29, 1.82) is 0 Å². The van der Waals surface area contributed by atoms with Gasteiger partial charge in [-0.1, -0.05) is 0 Å². The van der Waals surface area contributed by atoms with E-state index in [1.807, 2.05) is 0 Å². The summed E-state index contributed by atoms with van der Waals surface area (Å²) in [4.78, 5) is 0. The van der Waals surface area contributed by atoms with Crippen LogP contribution in [0, 0.1) is 5.92 Å². The van der Waals surface area contributed by atoms with Gasteiger partial charge in [0.15, 0.2) is 12.6 Å². The van der Waals surface area contributed by atoms with Gasteiger partial charge in [-0.15, -0.1) is 0 Å². The van der Waals surface area contributed by atoms with Gasteiger partial charge in [0.25, 0.3) is 0 Å². The second-order valence-electron chi connectivity index (χ2n) is 9.05. The number of fused-ring (bicyclic) bond motifs is 1. The van der Waals surface area contributed by atoms with E-state index in [-0.39, 0.29) is 31.5 Å². The van der Waals surface area contributed by atoms with Crippen molar-refractivity contribution in [2.24, 2.45) is 5.92 Å². The molecule has 0 spiro atoms. The Kier molecular flexibility index (Phi) is 8.55. The second kappa shape index (κ2) is 11.0. The van der Waals surface area contributed by atoms with E-state index in [4.69, 9.17) is 28.4 Å². The zero-order valence-corrected chi connectivity index (χ0v) is 18.0. The Bertz CT molecular complexity index is 623. The van der Waals surface area contributed by atoms with Crippen LogP contribution in [0.25, 0.3) is 0 Å². The average molecular weight is 482 g/mol. The predicted octanol–water partition coefficient (Wildman–Crippen LogP) is -3.83.